The molecular formula is C15H21FN2S. The van der Waals surface area contributed by atoms with Crippen molar-refractivity contribution >= 4 is 11.8 Å². The molecule has 0 saturated carbocycles. The van der Waals surface area contributed by atoms with Gasteiger partial charge in [-0.3, -0.25) is 4.90 Å². The Bertz CT molecular complexity index is 465. The second-order valence-corrected chi connectivity index (χ2v) is 5.45. The maximum atomic E-state index is 13.5. The topological polar surface area (TPSA) is 29.3 Å². The first-order valence-electron chi connectivity index (χ1n) is 6.25. The molecule has 4 heteroatoms. The smallest absolute Gasteiger partial charge is 0.138 e. The zero-order chi connectivity index (χ0) is 14.3. The van der Waals surface area contributed by atoms with Crippen molar-refractivity contribution in [2.75, 3.05) is 25.6 Å². The Balaban J connectivity index is 2.79. The second kappa shape index (κ2) is 8.21. The zero-order valence-electron chi connectivity index (χ0n) is 11.7. The largest absolute Gasteiger partial charge is 0.320 e. The maximum Gasteiger partial charge on any atom is 0.138 e. The number of thioether (sulfide) groups is 1. The van der Waals surface area contributed by atoms with Crippen LogP contribution in [0.15, 0.2) is 18.2 Å². The summed E-state index contributed by atoms with van der Waals surface area (Å²) in [5.41, 5.74) is 6.80. The summed E-state index contributed by atoms with van der Waals surface area (Å²) in [5.74, 6) is 6.25. The predicted octanol–water partition coefficient (Wildman–Crippen LogP) is 2.32. The van der Waals surface area contributed by atoms with Gasteiger partial charge in [-0.2, -0.15) is 11.8 Å². The minimum Gasteiger partial charge on any atom is -0.320 e. The summed E-state index contributed by atoms with van der Waals surface area (Å²) < 4.78 is 13.5. The van der Waals surface area contributed by atoms with E-state index in [-0.39, 0.29) is 12.4 Å². The molecule has 0 aliphatic carbocycles. The standard InChI is InChI=1S/C15H21FN2S/c1-12(11-19-3)18(2)10-13-6-7-15(16)14(9-13)5-4-8-17/h6-7,9,12H,8,10-11,17H2,1-3H3. The van der Waals surface area contributed by atoms with Gasteiger partial charge in [0.25, 0.3) is 0 Å². The van der Waals surface area contributed by atoms with E-state index in [9.17, 15) is 4.39 Å². The summed E-state index contributed by atoms with van der Waals surface area (Å²) in [6, 6.07) is 5.58. The summed E-state index contributed by atoms with van der Waals surface area (Å²) in [7, 11) is 2.08. The molecule has 0 aliphatic rings. The Morgan fingerprint density at radius 2 is 2.21 bits per heavy atom. The normalized spacial score (nSPS) is 12.1. The van der Waals surface area contributed by atoms with E-state index in [1.807, 2.05) is 17.8 Å². The Morgan fingerprint density at radius 1 is 1.47 bits per heavy atom. The molecule has 1 unspecified atom stereocenters. The second-order valence-electron chi connectivity index (χ2n) is 4.54. The summed E-state index contributed by atoms with van der Waals surface area (Å²) in [5, 5.41) is 0. The molecule has 0 bridgehead atoms. The minimum atomic E-state index is -0.287. The lowest BCUT2D eigenvalue weighted by Gasteiger charge is -2.24. The number of nitrogens with zero attached hydrogens (tertiary/aromatic N) is 1. The highest BCUT2D eigenvalue weighted by atomic mass is 32.2. The molecule has 0 aliphatic heterocycles. The van der Waals surface area contributed by atoms with Crippen molar-refractivity contribution in [1.82, 2.24) is 4.90 Å². The summed E-state index contributed by atoms with van der Waals surface area (Å²) in [4.78, 5) is 2.25. The Morgan fingerprint density at radius 3 is 2.84 bits per heavy atom. The monoisotopic (exact) mass is 280 g/mol. The number of halogens is 1. The number of benzene rings is 1. The molecule has 2 N–H and O–H groups in total. The number of hydrogen-bond donors (Lipinski definition) is 1. The Hall–Kier alpha value is -1.02. The van der Waals surface area contributed by atoms with Gasteiger partial charge in [-0.25, -0.2) is 4.39 Å². The van der Waals surface area contributed by atoms with E-state index >= 15 is 0 Å². The molecule has 1 aromatic rings. The third-order valence-corrected chi connectivity index (χ3v) is 3.76. The summed E-state index contributed by atoms with van der Waals surface area (Å²) in [6.45, 7) is 3.23. The molecule has 19 heavy (non-hydrogen) atoms. The van der Waals surface area contributed by atoms with Gasteiger partial charge in [0.2, 0.25) is 0 Å². The average molecular weight is 280 g/mol. The fraction of sp³-hybridized carbons (Fsp3) is 0.467. The van der Waals surface area contributed by atoms with Crippen molar-refractivity contribution in [2.45, 2.75) is 19.5 Å². The SMILES string of the molecule is CSCC(C)N(C)Cc1ccc(F)c(C#CCN)c1. The van der Waals surface area contributed by atoms with Crippen LogP contribution in [0.25, 0.3) is 0 Å². The van der Waals surface area contributed by atoms with E-state index in [1.165, 1.54) is 6.07 Å². The Kier molecular flexibility index (Phi) is 6.93. The van der Waals surface area contributed by atoms with Crippen molar-refractivity contribution in [3.8, 4) is 11.8 Å². The van der Waals surface area contributed by atoms with E-state index in [0.717, 1.165) is 17.9 Å². The maximum absolute atomic E-state index is 13.5. The van der Waals surface area contributed by atoms with Gasteiger partial charge < -0.3 is 5.73 Å². The fourth-order valence-electron chi connectivity index (χ4n) is 1.73. The first-order chi connectivity index (χ1) is 9.08. The lowest BCUT2D eigenvalue weighted by atomic mass is 10.1. The van der Waals surface area contributed by atoms with E-state index < -0.39 is 0 Å². The molecule has 0 saturated heterocycles. The third kappa shape index (κ3) is 5.23. The highest BCUT2D eigenvalue weighted by Crippen LogP contribution is 2.13. The van der Waals surface area contributed by atoms with Gasteiger partial charge in [-0.15, -0.1) is 0 Å². The van der Waals surface area contributed by atoms with Crippen molar-refractivity contribution < 1.29 is 4.39 Å². The molecule has 0 radical (unpaired) electrons. The molecule has 104 valence electrons. The molecular weight excluding hydrogens is 259 g/mol. The first-order valence-corrected chi connectivity index (χ1v) is 7.64. The Labute approximate surface area is 119 Å². The molecule has 2 nitrogen and oxygen atoms in total. The van der Waals surface area contributed by atoms with Crippen LogP contribution < -0.4 is 5.73 Å². The van der Waals surface area contributed by atoms with Crippen LogP contribution in [0.1, 0.15) is 18.1 Å². The molecule has 0 spiro atoms. The van der Waals surface area contributed by atoms with E-state index in [2.05, 4.69) is 37.0 Å². The van der Waals surface area contributed by atoms with Crippen LogP contribution in [0.2, 0.25) is 0 Å². The van der Waals surface area contributed by atoms with Gasteiger partial charge in [0.1, 0.15) is 5.82 Å². The van der Waals surface area contributed by atoms with Crippen LogP contribution in [0.5, 0.6) is 0 Å². The van der Waals surface area contributed by atoms with Crippen molar-refractivity contribution in [3.63, 3.8) is 0 Å². The molecule has 0 amide bonds. The summed E-state index contributed by atoms with van der Waals surface area (Å²) in [6.07, 6.45) is 2.10. The number of rotatable bonds is 5. The van der Waals surface area contributed by atoms with Crippen LogP contribution in [0.4, 0.5) is 4.39 Å². The van der Waals surface area contributed by atoms with Crippen molar-refractivity contribution in [2.24, 2.45) is 5.73 Å². The van der Waals surface area contributed by atoms with Gasteiger partial charge in [0, 0.05) is 18.3 Å². The highest BCUT2D eigenvalue weighted by Gasteiger charge is 2.10. The van der Waals surface area contributed by atoms with Crippen LogP contribution in [0, 0.1) is 17.7 Å². The van der Waals surface area contributed by atoms with Crippen LogP contribution in [-0.4, -0.2) is 36.5 Å². The molecule has 1 atom stereocenters. The van der Waals surface area contributed by atoms with Crippen molar-refractivity contribution in [1.29, 1.82) is 0 Å². The molecule has 1 aromatic carbocycles. The lowest BCUT2D eigenvalue weighted by Crippen LogP contribution is -2.30. The molecule has 0 heterocycles. The zero-order valence-corrected chi connectivity index (χ0v) is 12.6. The van der Waals surface area contributed by atoms with Crippen molar-refractivity contribution in [3.05, 3.63) is 35.1 Å². The van der Waals surface area contributed by atoms with Gasteiger partial charge in [-0.1, -0.05) is 17.9 Å². The first kappa shape index (κ1) is 16.0. The van der Waals surface area contributed by atoms with Crippen LogP contribution in [0.3, 0.4) is 0 Å². The van der Waals surface area contributed by atoms with Gasteiger partial charge in [-0.05, 0) is 37.9 Å². The molecule has 0 aromatic heterocycles. The van der Waals surface area contributed by atoms with Gasteiger partial charge in [0.05, 0.1) is 12.1 Å². The van der Waals surface area contributed by atoms with E-state index in [0.29, 0.717) is 11.6 Å². The van der Waals surface area contributed by atoms with E-state index in [1.54, 1.807) is 6.07 Å². The summed E-state index contributed by atoms with van der Waals surface area (Å²) >= 11 is 1.83. The molecule has 0 fully saturated rings. The lowest BCUT2D eigenvalue weighted by molar-refractivity contribution is 0.269. The van der Waals surface area contributed by atoms with Gasteiger partial charge in [0.15, 0.2) is 0 Å². The number of hydrogen-bond acceptors (Lipinski definition) is 3. The van der Waals surface area contributed by atoms with Crippen LogP contribution >= 0.6 is 11.8 Å². The highest BCUT2D eigenvalue weighted by molar-refractivity contribution is 7.98. The van der Waals surface area contributed by atoms with E-state index in [4.69, 9.17) is 5.73 Å². The fourth-order valence-corrected chi connectivity index (χ4v) is 2.46. The van der Waals surface area contributed by atoms with Gasteiger partial charge >= 0.3 is 0 Å². The average Bonchev–Trinajstić information content (AvgIpc) is 2.39. The van der Waals surface area contributed by atoms with Crippen LogP contribution in [-0.2, 0) is 6.54 Å². The quantitative estimate of drug-likeness (QED) is 0.839. The predicted molar refractivity (Wildman–Crippen MR) is 81.6 cm³/mol. The third-order valence-electron chi connectivity index (χ3n) is 2.95. The minimum absolute atomic E-state index is 0.244. The number of nitrogens with two attached hydrogens (primary N) is 1. The molecule has 1 rings (SSSR count).